The molecule has 0 aromatic heterocycles. The van der Waals surface area contributed by atoms with Gasteiger partial charge in [0.2, 0.25) is 0 Å². The summed E-state index contributed by atoms with van der Waals surface area (Å²) in [5, 5.41) is 33.8. The van der Waals surface area contributed by atoms with Gasteiger partial charge in [0.05, 0.1) is 12.8 Å². The van der Waals surface area contributed by atoms with Crippen molar-refractivity contribution in [2.24, 2.45) is 0 Å². The Morgan fingerprint density at radius 2 is 1.13 bits per heavy atom. The van der Waals surface area contributed by atoms with Crippen molar-refractivity contribution in [2.45, 2.75) is 18.4 Å². The minimum atomic E-state index is -2.74. The van der Waals surface area contributed by atoms with Crippen molar-refractivity contribution >= 4 is 17.9 Å². The van der Waals surface area contributed by atoms with Crippen LogP contribution in [0.25, 0.3) is 0 Å². The summed E-state index contributed by atoms with van der Waals surface area (Å²) in [6.07, 6.45) is -2.29. The summed E-state index contributed by atoms with van der Waals surface area (Å²) in [4.78, 5) is 30.5. The van der Waals surface area contributed by atoms with Crippen LogP contribution in [-0.4, -0.2) is 43.9 Å². The molecule has 4 N–H and O–H groups in total. The van der Waals surface area contributed by atoms with Gasteiger partial charge in [-0.05, 0) is 0 Å². The second kappa shape index (κ2) is 7.67. The molecule has 0 spiro atoms. The van der Waals surface area contributed by atoms with Crippen LogP contribution in [0.2, 0.25) is 0 Å². The first-order valence-corrected chi connectivity index (χ1v) is 3.17. The van der Waals surface area contributed by atoms with Crippen LogP contribution in [0.15, 0.2) is 0 Å². The molecule has 0 aromatic rings. The van der Waals surface area contributed by atoms with Gasteiger partial charge >= 0.3 is 17.9 Å². The fraction of sp³-hybridized carbons (Fsp3) is 0.500. The van der Waals surface area contributed by atoms with Gasteiger partial charge in [-0.3, -0.25) is 9.59 Å². The zero-order chi connectivity index (χ0) is 10.6. The van der Waals surface area contributed by atoms with Gasteiger partial charge in [-0.25, -0.2) is 4.79 Å². The van der Waals surface area contributed by atoms with Gasteiger partial charge in [0.1, 0.15) is 0 Å². The fourth-order valence-electron chi connectivity index (χ4n) is 0.714. The monoisotopic (exact) mass is 302 g/mol. The van der Waals surface area contributed by atoms with Gasteiger partial charge in [-0.1, -0.05) is 0 Å². The Hall–Kier alpha value is -0.591. The maximum Gasteiger partial charge on any atom is 0.336 e. The molecular formula is C6H8Mn2O7. The zero-order valence-corrected chi connectivity index (χ0v) is 9.54. The summed E-state index contributed by atoms with van der Waals surface area (Å²) in [5.74, 6) is -5.02. The predicted octanol–water partition coefficient (Wildman–Crippen LogP) is -1.25. The zero-order valence-electron chi connectivity index (χ0n) is 7.18. The summed E-state index contributed by atoms with van der Waals surface area (Å²) in [6, 6.07) is 0. The van der Waals surface area contributed by atoms with Gasteiger partial charge in [-0.15, -0.1) is 0 Å². The number of aliphatic hydroxyl groups is 1. The average Bonchev–Trinajstić information content (AvgIpc) is 1.82. The van der Waals surface area contributed by atoms with E-state index in [0.29, 0.717) is 0 Å². The van der Waals surface area contributed by atoms with Crippen molar-refractivity contribution in [3.8, 4) is 0 Å². The maximum absolute atomic E-state index is 10.3. The summed E-state index contributed by atoms with van der Waals surface area (Å²) in [5.41, 5.74) is -2.74. The topological polar surface area (TPSA) is 132 Å². The normalized spacial score (nSPS) is 9.40. The second-order valence-electron chi connectivity index (χ2n) is 2.48. The summed E-state index contributed by atoms with van der Waals surface area (Å²) < 4.78 is 0. The molecule has 2 radical (unpaired) electrons. The first-order valence-electron chi connectivity index (χ1n) is 3.17. The van der Waals surface area contributed by atoms with Gasteiger partial charge in [0, 0.05) is 34.1 Å². The minimum absolute atomic E-state index is 0. The molecule has 7 nitrogen and oxygen atoms in total. The number of carboxylic acid groups (broad SMARTS) is 3. The van der Waals surface area contributed by atoms with Crippen molar-refractivity contribution in [1.82, 2.24) is 0 Å². The molecule has 0 amide bonds. The van der Waals surface area contributed by atoms with E-state index in [1.807, 2.05) is 0 Å². The molecule has 0 unspecified atom stereocenters. The van der Waals surface area contributed by atoms with E-state index in [-0.39, 0.29) is 34.1 Å². The van der Waals surface area contributed by atoms with Crippen molar-refractivity contribution in [1.29, 1.82) is 0 Å². The third-order valence-corrected chi connectivity index (χ3v) is 1.29. The Balaban J connectivity index is -0.000000720. The fourth-order valence-corrected chi connectivity index (χ4v) is 0.714. The molecule has 0 rings (SSSR count). The van der Waals surface area contributed by atoms with E-state index in [4.69, 9.17) is 20.4 Å². The Bertz CT molecular complexity index is 236. The quantitative estimate of drug-likeness (QED) is 0.466. The van der Waals surface area contributed by atoms with Crippen molar-refractivity contribution in [3.05, 3.63) is 0 Å². The van der Waals surface area contributed by atoms with E-state index in [0.717, 1.165) is 0 Å². The van der Waals surface area contributed by atoms with Crippen LogP contribution in [0.5, 0.6) is 0 Å². The SMILES string of the molecule is O=C(O)CC(O)(CC(=O)O)C(=O)O.[Mn].[Mn]. The Kier molecular flexibility index (Phi) is 10.2. The number of aliphatic carboxylic acids is 3. The molecule has 0 aliphatic rings. The maximum atomic E-state index is 10.3. The van der Waals surface area contributed by atoms with Crippen LogP contribution in [0.4, 0.5) is 0 Å². The summed E-state index contributed by atoms with van der Waals surface area (Å²) >= 11 is 0. The van der Waals surface area contributed by atoms with E-state index >= 15 is 0 Å². The van der Waals surface area contributed by atoms with Gasteiger partial charge in [-0.2, -0.15) is 0 Å². The number of hydrogen-bond acceptors (Lipinski definition) is 4. The number of carboxylic acids is 3. The Morgan fingerprint density at radius 1 is 0.867 bits per heavy atom. The van der Waals surface area contributed by atoms with Crippen LogP contribution >= 0.6 is 0 Å². The molecule has 9 heteroatoms. The van der Waals surface area contributed by atoms with Gasteiger partial charge in [0.15, 0.2) is 5.60 Å². The molecule has 0 saturated carbocycles. The van der Waals surface area contributed by atoms with Crippen molar-refractivity contribution in [2.75, 3.05) is 0 Å². The molecule has 0 aliphatic carbocycles. The van der Waals surface area contributed by atoms with Crippen molar-refractivity contribution in [3.63, 3.8) is 0 Å². The molecule has 0 heterocycles. The van der Waals surface area contributed by atoms with Crippen LogP contribution in [0.3, 0.4) is 0 Å². The van der Waals surface area contributed by atoms with Gasteiger partial charge < -0.3 is 20.4 Å². The molecule has 0 atom stereocenters. The van der Waals surface area contributed by atoms with Crippen molar-refractivity contribution < 1.29 is 68.9 Å². The summed E-state index contributed by atoms with van der Waals surface area (Å²) in [6.45, 7) is 0. The molecule has 0 aliphatic heterocycles. The second-order valence-corrected chi connectivity index (χ2v) is 2.48. The first kappa shape index (κ1) is 19.9. The molecule has 0 aromatic carbocycles. The largest absolute Gasteiger partial charge is 0.481 e. The number of hydrogen-bond donors (Lipinski definition) is 4. The molecule has 0 saturated heterocycles. The van der Waals surface area contributed by atoms with E-state index in [9.17, 15) is 14.4 Å². The number of rotatable bonds is 5. The van der Waals surface area contributed by atoms with Crippen LogP contribution in [0.1, 0.15) is 12.8 Å². The first-order chi connectivity index (χ1) is 5.78. The molecule has 0 fully saturated rings. The van der Waals surface area contributed by atoms with Crippen LogP contribution in [-0.2, 0) is 48.5 Å². The average molecular weight is 302 g/mol. The third-order valence-electron chi connectivity index (χ3n) is 1.29. The van der Waals surface area contributed by atoms with E-state index in [1.54, 1.807) is 0 Å². The number of carbonyl (C=O) groups is 3. The van der Waals surface area contributed by atoms with E-state index in [2.05, 4.69) is 0 Å². The molecule has 15 heavy (non-hydrogen) atoms. The van der Waals surface area contributed by atoms with Gasteiger partial charge in [0.25, 0.3) is 0 Å². The third kappa shape index (κ3) is 7.35. The van der Waals surface area contributed by atoms with E-state index < -0.39 is 36.4 Å². The predicted molar refractivity (Wildman–Crippen MR) is 37.1 cm³/mol. The standard InChI is InChI=1S/C6H8O7.2Mn/c7-3(8)1-6(13,5(11)12)2-4(9)10;;/h13H,1-2H2,(H,7,8)(H,9,10)(H,11,12);;. The molecule has 0 bridgehead atoms. The minimum Gasteiger partial charge on any atom is -0.481 e. The Morgan fingerprint density at radius 3 is 1.27 bits per heavy atom. The smallest absolute Gasteiger partial charge is 0.336 e. The molecule has 88 valence electrons. The van der Waals surface area contributed by atoms with Crippen LogP contribution in [0, 0.1) is 0 Å². The van der Waals surface area contributed by atoms with Crippen LogP contribution < -0.4 is 0 Å². The summed E-state index contributed by atoms with van der Waals surface area (Å²) in [7, 11) is 0. The Labute approximate surface area is 105 Å². The van der Waals surface area contributed by atoms with E-state index in [1.165, 1.54) is 0 Å². The molecular weight excluding hydrogens is 294 g/mol.